The van der Waals surface area contributed by atoms with Crippen molar-refractivity contribution in [2.24, 2.45) is 0 Å². The number of fused-ring (bicyclic) bond motifs is 1. The molecule has 2 atom stereocenters. The van der Waals surface area contributed by atoms with Crippen molar-refractivity contribution in [1.29, 1.82) is 0 Å². The minimum absolute atomic E-state index is 0.00603. The molecule has 2 aliphatic rings. The van der Waals surface area contributed by atoms with E-state index in [4.69, 9.17) is 0 Å². The molecule has 1 aromatic rings. The van der Waals surface area contributed by atoms with Crippen LogP contribution in [0.2, 0.25) is 0 Å². The van der Waals surface area contributed by atoms with Gasteiger partial charge in [-0.3, -0.25) is 9.59 Å². The molecule has 84 valence electrons. The molecule has 0 radical (unpaired) electrons. The Labute approximate surface area is 103 Å². The number of carbonyl (C=O) groups excluding carboxylic acids is 2. The van der Waals surface area contributed by atoms with Crippen molar-refractivity contribution in [3.05, 3.63) is 59.2 Å². The molecule has 0 amide bonds. The first kappa shape index (κ1) is 10.5. The zero-order valence-electron chi connectivity index (χ0n) is 9.00. The van der Waals surface area contributed by atoms with E-state index < -0.39 is 0 Å². The summed E-state index contributed by atoms with van der Waals surface area (Å²) in [6, 6.07) is 7.64. The van der Waals surface area contributed by atoms with Gasteiger partial charge in [0.2, 0.25) is 0 Å². The third-order valence-electron chi connectivity index (χ3n) is 3.19. The van der Waals surface area contributed by atoms with Gasteiger partial charge in [-0.15, -0.1) is 11.8 Å². The Balaban J connectivity index is 1.92. The molecule has 0 aromatic heterocycles. The van der Waals surface area contributed by atoms with E-state index in [0.717, 1.165) is 18.1 Å². The summed E-state index contributed by atoms with van der Waals surface area (Å²) < 4.78 is -0.00603. The highest BCUT2D eigenvalue weighted by molar-refractivity contribution is 8.08. The van der Waals surface area contributed by atoms with E-state index in [-0.39, 0.29) is 4.75 Å². The molecule has 1 aliphatic carbocycles. The maximum absolute atomic E-state index is 10.7. The Morgan fingerprint density at radius 3 is 2.47 bits per heavy atom. The van der Waals surface area contributed by atoms with Gasteiger partial charge in [-0.25, -0.2) is 0 Å². The van der Waals surface area contributed by atoms with Crippen molar-refractivity contribution in [3.63, 3.8) is 0 Å². The third-order valence-corrected chi connectivity index (χ3v) is 4.71. The minimum Gasteiger partial charge on any atom is -0.298 e. The second-order valence-electron chi connectivity index (χ2n) is 4.19. The number of hydrogen-bond donors (Lipinski definition) is 0. The van der Waals surface area contributed by atoms with Crippen LogP contribution in [-0.2, 0) is 9.54 Å². The predicted molar refractivity (Wildman–Crippen MR) is 68.2 cm³/mol. The van der Waals surface area contributed by atoms with Crippen LogP contribution in [0.15, 0.2) is 48.1 Å². The summed E-state index contributed by atoms with van der Waals surface area (Å²) in [5.41, 5.74) is 2.63. The summed E-state index contributed by atoms with van der Waals surface area (Å²) in [6.45, 7) is 0. The van der Waals surface area contributed by atoms with Gasteiger partial charge in [0, 0.05) is 16.4 Å². The van der Waals surface area contributed by atoms with E-state index in [1.165, 1.54) is 5.56 Å². The van der Waals surface area contributed by atoms with Gasteiger partial charge >= 0.3 is 0 Å². The van der Waals surface area contributed by atoms with Crippen LogP contribution in [0.3, 0.4) is 0 Å². The first-order chi connectivity index (χ1) is 8.28. The summed E-state index contributed by atoms with van der Waals surface area (Å²) in [7, 11) is 0. The highest BCUT2D eigenvalue weighted by Crippen LogP contribution is 2.64. The van der Waals surface area contributed by atoms with Gasteiger partial charge in [0.1, 0.15) is 12.6 Å². The second kappa shape index (κ2) is 3.70. The van der Waals surface area contributed by atoms with Gasteiger partial charge in [0.25, 0.3) is 0 Å². The molecular weight excluding hydrogens is 232 g/mol. The average Bonchev–Trinajstić information content (AvgIpc) is 3.13. The average molecular weight is 242 g/mol. The molecule has 1 heterocycles. The number of hydrogen-bond acceptors (Lipinski definition) is 3. The van der Waals surface area contributed by atoms with Gasteiger partial charge in [-0.05, 0) is 5.56 Å². The lowest BCUT2D eigenvalue weighted by Crippen LogP contribution is -2.11. The summed E-state index contributed by atoms with van der Waals surface area (Å²) in [5.74, 6) is 0. The topological polar surface area (TPSA) is 34.1 Å². The largest absolute Gasteiger partial charge is 0.298 e. The lowest BCUT2D eigenvalue weighted by atomic mass is 9.90. The molecule has 1 aliphatic heterocycles. The first-order valence-corrected chi connectivity index (χ1v) is 6.26. The van der Waals surface area contributed by atoms with Crippen LogP contribution < -0.4 is 0 Å². The van der Waals surface area contributed by atoms with Crippen molar-refractivity contribution in [2.45, 2.75) is 10.00 Å². The fraction of sp³-hybridized carbons (Fsp3) is 0.143. The van der Waals surface area contributed by atoms with Gasteiger partial charge < -0.3 is 0 Å². The van der Waals surface area contributed by atoms with Crippen molar-refractivity contribution in [3.8, 4) is 0 Å². The SMILES string of the molecule is O=CC1=CC2SC2(c2ccc(C=O)cc2)C=C1. The van der Waals surface area contributed by atoms with E-state index in [2.05, 4.69) is 6.08 Å². The Kier molecular flexibility index (Phi) is 2.30. The second-order valence-corrected chi connectivity index (χ2v) is 5.61. The zero-order chi connectivity index (χ0) is 11.9. The predicted octanol–water partition coefficient (Wildman–Crippen LogP) is 2.50. The monoisotopic (exact) mass is 242 g/mol. The summed E-state index contributed by atoms with van der Waals surface area (Å²) >= 11 is 1.82. The number of benzene rings is 1. The van der Waals surface area contributed by atoms with Crippen molar-refractivity contribution >= 4 is 24.3 Å². The number of allylic oxidation sites excluding steroid dienone is 2. The molecule has 1 saturated heterocycles. The van der Waals surface area contributed by atoms with Crippen LogP contribution in [-0.4, -0.2) is 17.8 Å². The number of carbonyl (C=O) groups is 2. The molecule has 0 saturated carbocycles. The summed E-state index contributed by atoms with van der Waals surface area (Å²) in [5, 5.41) is 0.356. The Hall–Kier alpha value is -1.61. The molecule has 0 bridgehead atoms. The van der Waals surface area contributed by atoms with E-state index >= 15 is 0 Å². The van der Waals surface area contributed by atoms with E-state index in [1.54, 1.807) is 0 Å². The molecular formula is C14H10O2S. The summed E-state index contributed by atoms with van der Waals surface area (Å²) in [4.78, 5) is 21.3. The number of rotatable bonds is 3. The van der Waals surface area contributed by atoms with Crippen LogP contribution in [0.1, 0.15) is 15.9 Å². The fourth-order valence-electron chi connectivity index (χ4n) is 2.15. The normalized spacial score (nSPS) is 29.2. The van der Waals surface area contributed by atoms with E-state index in [0.29, 0.717) is 10.8 Å². The molecule has 3 heteroatoms. The van der Waals surface area contributed by atoms with Gasteiger partial charge in [0.05, 0.1) is 4.75 Å². The maximum Gasteiger partial charge on any atom is 0.150 e. The van der Waals surface area contributed by atoms with Crippen molar-refractivity contribution in [2.75, 3.05) is 0 Å². The smallest absolute Gasteiger partial charge is 0.150 e. The van der Waals surface area contributed by atoms with E-state index in [1.807, 2.05) is 48.2 Å². The van der Waals surface area contributed by atoms with Crippen molar-refractivity contribution < 1.29 is 9.59 Å². The molecule has 0 N–H and O–H groups in total. The first-order valence-electron chi connectivity index (χ1n) is 5.38. The molecule has 17 heavy (non-hydrogen) atoms. The van der Waals surface area contributed by atoms with Crippen LogP contribution in [0, 0.1) is 0 Å². The highest BCUT2D eigenvalue weighted by Gasteiger charge is 2.54. The molecule has 2 unspecified atom stereocenters. The standard InChI is InChI=1S/C14H10O2S/c15-8-10-1-3-12(4-2-10)14-6-5-11(9-16)7-13(14)17-14/h1-9,13H. The van der Waals surface area contributed by atoms with Crippen LogP contribution in [0.25, 0.3) is 0 Å². The van der Waals surface area contributed by atoms with Crippen LogP contribution >= 0.6 is 11.8 Å². The maximum atomic E-state index is 10.7. The molecule has 0 spiro atoms. The van der Waals surface area contributed by atoms with Gasteiger partial charge in [-0.1, -0.05) is 42.5 Å². The Morgan fingerprint density at radius 1 is 1.12 bits per heavy atom. The minimum atomic E-state index is -0.00603. The quantitative estimate of drug-likeness (QED) is 0.603. The van der Waals surface area contributed by atoms with E-state index in [9.17, 15) is 9.59 Å². The van der Waals surface area contributed by atoms with Crippen molar-refractivity contribution in [1.82, 2.24) is 0 Å². The lowest BCUT2D eigenvalue weighted by molar-refractivity contribution is -0.104. The molecule has 1 fully saturated rings. The Morgan fingerprint density at radius 2 is 1.88 bits per heavy atom. The van der Waals surface area contributed by atoms with Crippen LogP contribution in [0.5, 0.6) is 0 Å². The molecule has 2 nitrogen and oxygen atoms in total. The number of thioether (sulfide) groups is 1. The Bertz CT molecular complexity index is 542. The van der Waals surface area contributed by atoms with Gasteiger partial charge in [-0.2, -0.15) is 0 Å². The lowest BCUT2D eigenvalue weighted by Gasteiger charge is -2.13. The summed E-state index contributed by atoms with van der Waals surface area (Å²) in [6.07, 6.45) is 7.69. The highest BCUT2D eigenvalue weighted by atomic mass is 32.2. The van der Waals surface area contributed by atoms with Gasteiger partial charge in [0.15, 0.2) is 0 Å². The number of aldehydes is 2. The molecule has 1 aromatic carbocycles. The third kappa shape index (κ3) is 1.58. The van der Waals surface area contributed by atoms with Crippen LogP contribution in [0.4, 0.5) is 0 Å². The zero-order valence-corrected chi connectivity index (χ0v) is 9.81. The fourth-order valence-corrected chi connectivity index (χ4v) is 3.43. The molecule has 3 rings (SSSR count).